The van der Waals surface area contributed by atoms with Crippen molar-refractivity contribution in [3.05, 3.63) is 23.8 Å². The fraction of sp³-hybridized carbons (Fsp3) is 0.724. The highest BCUT2D eigenvalue weighted by molar-refractivity contribution is 5.99. The molecule has 4 atom stereocenters. The molecule has 1 heterocycles. The molecule has 2 rings (SSSR count). The summed E-state index contributed by atoms with van der Waals surface area (Å²) in [6.45, 7) is 10.1. The van der Waals surface area contributed by atoms with Gasteiger partial charge in [0.15, 0.2) is 0 Å². The summed E-state index contributed by atoms with van der Waals surface area (Å²) in [6, 6.07) is 3.99. The number of fused-ring (bicyclic) bond motifs is 1. The van der Waals surface area contributed by atoms with E-state index in [9.17, 15) is 27.9 Å². The molecule has 2 N–H and O–H groups in total. The summed E-state index contributed by atoms with van der Waals surface area (Å²) in [5.74, 6) is -0.945. The van der Waals surface area contributed by atoms with Gasteiger partial charge in [-0.05, 0) is 71.3 Å². The van der Waals surface area contributed by atoms with Crippen LogP contribution in [-0.2, 0) is 9.53 Å². The molecule has 2 amide bonds. The molecular formula is C29H46F3N3O5. The van der Waals surface area contributed by atoms with Gasteiger partial charge >= 0.3 is 6.18 Å². The number of carbonyl (C=O) groups is 2. The van der Waals surface area contributed by atoms with E-state index in [0.717, 1.165) is 32.2 Å². The minimum Gasteiger partial charge on any atom is -0.490 e. The predicted molar refractivity (Wildman–Crippen MR) is 149 cm³/mol. The second-order valence-electron chi connectivity index (χ2n) is 10.9. The van der Waals surface area contributed by atoms with Gasteiger partial charge in [-0.3, -0.25) is 9.59 Å². The molecule has 1 aliphatic heterocycles. The van der Waals surface area contributed by atoms with E-state index in [0.29, 0.717) is 25.4 Å². The lowest BCUT2D eigenvalue weighted by Crippen LogP contribution is -2.47. The number of rotatable bonds is 9. The van der Waals surface area contributed by atoms with E-state index in [1.54, 1.807) is 17.9 Å². The van der Waals surface area contributed by atoms with Gasteiger partial charge in [-0.15, -0.1) is 0 Å². The monoisotopic (exact) mass is 573 g/mol. The number of hydrogen-bond acceptors (Lipinski definition) is 6. The third-order valence-corrected chi connectivity index (χ3v) is 7.07. The van der Waals surface area contributed by atoms with Gasteiger partial charge in [-0.2, -0.15) is 13.2 Å². The van der Waals surface area contributed by atoms with Crippen LogP contribution in [0.1, 0.15) is 76.6 Å². The van der Waals surface area contributed by atoms with Crippen molar-refractivity contribution in [2.75, 3.05) is 45.2 Å². The number of carbonyl (C=O) groups excluding carboxylic acids is 2. The van der Waals surface area contributed by atoms with Crippen LogP contribution in [0.5, 0.6) is 5.75 Å². The Kier molecular flexibility index (Phi) is 13.7. The third kappa shape index (κ3) is 11.2. The maximum Gasteiger partial charge on any atom is 0.389 e. The molecule has 0 aliphatic carbocycles. The van der Waals surface area contributed by atoms with Crippen LogP contribution in [0, 0.1) is 5.92 Å². The Labute approximate surface area is 236 Å². The summed E-state index contributed by atoms with van der Waals surface area (Å²) in [6.07, 6.45) is -3.27. The molecule has 0 radical (unpaired) electrons. The maximum absolute atomic E-state index is 14.0. The fourth-order valence-electron chi connectivity index (χ4n) is 4.72. The average Bonchev–Trinajstić information content (AvgIpc) is 2.88. The Balaban J connectivity index is 2.42. The van der Waals surface area contributed by atoms with Crippen LogP contribution in [0.25, 0.3) is 0 Å². The number of aliphatic hydroxyl groups is 1. The van der Waals surface area contributed by atoms with Gasteiger partial charge in [0.05, 0.1) is 36.8 Å². The first-order chi connectivity index (χ1) is 18.8. The molecule has 1 aromatic rings. The summed E-state index contributed by atoms with van der Waals surface area (Å²) in [5.41, 5.74) is 0.370. The molecule has 0 fully saturated rings. The molecule has 8 nitrogen and oxygen atoms in total. The first-order valence-corrected chi connectivity index (χ1v) is 14.2. The highest BCUT2D eigenvalue weighted by Crippen LogP contribution is 2.29. The van der Waals surface area contributed by atoms with E-state index >= 15 is 0 Å². The summed E-state index contributed by atoms with van der Waals surface area (Å²) in [7, 11) is 2.05. The molecule has 0 saturated carbocycles. The van der Waals surface area contributed by atoms with E-state index in [2.05, 4.69) is 17.1 Å². The van der Waals surface area contributed by atoms with Crippen molar-refractivity contribution in [2.45, 2.75) is 90.6 Å². The van der Waals surface area contributed by atoms with Crippen LogP contribution < -0.4 is 10.1 Å². The van der Waals surface area contributed by atoms with Crippen molar-refractivity contribution < 1.29 is 37.3 Å². The van der Waals surface area contributed by atoms with Gasteiger partial charge in [0.2, 0.25) is 5.91 Å². The number of ether oxygens (including phenoxy) is 2. The average molecular weight is 574 g/mol. The summed E-state index contributed by atoms with van der Waals surface area (Å²) in [5, 5.41) is 12.5. The number of hydrogen-bond donors (Lipinski definition) is 2. The van der Waals surface area contributed by atoms with Gasteiger partial charge in [0, 0.05) is 37.7 Å². The first kappa shape index (κ1) is 33.8. The molecule has 0 saturated heterocycles. The topological polar surface area (TPSA) is 91.3 Å². The summed E-state index contributed by atoms with van der Waals surface area (Å²) in [4.78, 5) is 30.0. The van der Waals surface area contributed by atoms with Crippen molar-refractivity contribution in [2.24, 2.45) is 5.92 Å². The lowest BCUT2D eigenvalue weighted by molar-refractivity contribution is -0.142. The molecule has 228 valence electrons. The predicted octanol–water partition coefficient (Wildman–Crippen LogP) is 5.10. The largest absolute Gasteiger partial charge is 0.490 e. The van der Waals surface area contributed by atoms with Gasteiger partial charge in [-0.25, -0.2) is 0 Å². The number of likely N-dealkylation sites (N-methyl/N-ethyl adjacent to an activating group) is 1. The Hall–Kier alpha value is -2.37. The number of benzene rings is 1. The molecular weight excluding hydrogens is 527 g/mol. The zero-order chi connectivity index (χ0) is 29.9. The number of anilines is 1. The Morgan fingerprint density at radius 1 is 1.27 bits per heavy atom. The normalized spacial score (nSPS) is 22.3. The number of amides is 2. The molecule has 11 heteroatoms. The quantitative estimate of drug-likeness (QED) is 0.427. The lowest BCUT2D eigenvalue weighted by atomic mass is 10.0. The zero-order valence-electron chi connectivity index (χ0n) is 24.4. The van der Waals surface area contributed by atoms with Gasteiger partial charge in [0.25, 0.3) is 5.91 Å². The maximum atomic E-state index is 14.0. The third-order valence-electron chi connectivity index (χ3n) is 7.07. The molecule has 40 heavy (non-hydrogen) atoms. The van der Waals surface area contributed by atoms with Crippen molar-refractivity contribution in [1.29, 1.82) is 0 Å². The van der Waals surface area contributed by atoms with Crippen LogP contribution in [0.2, 0.25) is 0 Å². The number of nitrogens with one attached hydrogen (secondary N) is 1. The van der Waals surface area contributed by atoms with Crippen molar-refractivity contribution in [3.8, 4) is 5.75 Å². The first-order valence-electron chi connectivity index (χ1n) is 14.2. The Morgan fingerprint density at radius 3 is 2.65 bits per heavy atom. The molecule has 1 aliphatic rings. The van der Waals surface area contributed by atoms with Crippen molar-refractivity contribution in [1.82, 2.24) is 9.80 Å². The molecule has 0 unspecified atom stereocenters. The van der Waals surface area contributed by atoms with Crippen LogP contribution in [0.15, 0.2) is 18.2 Å². The Bertz CT molecular complexity index is 946. The number of halogens is 3. The van der Waals surface area contributed by atoms with E-state index in [-0.39, 0.29) is 36.0 Å². The van der Waals surface area contributed by atoms with Crippen LogP contribution in [0.4, 0.5) is 18.9 Å². The molecule has 1 aromatic carbocycles. The highest BCUT2D eigenvalue weighted by Gasteiger charge is 2.31. The summed E-state index contributed by atoms with van der Waals surface area (Å²) >= 11 is 0. The van der Waals surface area contributed by atoms with E-state index < -0.39 is 36.9 Å². The fourth-order valence-corrected chi connectivity index (χ4v) is 4.72. The minimum atomic E-state index is -4.45. The SMILES string of the molecule is CCCN(C)C[C@H]1OCCCC[C@@H](C)Oc2ccc(NC(=O)CCC(F)(F)F)cc2C(=O)N([C@@H](C)CO)C[C@H]1C. The van der Waals surface area contributed by atoms with E-state index in [1.165, 1.54) is 12.1 Å². The van der Waals surface area contributed by atoms with Crippen LogP contribution >= 0.6 is 0 Å². The summed E-state index contributed by atoms with van der Waals surface area (Å²) < 4.78 is 50.2. The minimum absolute atomic E-state index is 0.0613. The number of nitrogens with zero attached hydrogens (tertiary/aromatic N) is 2. The van der Waals surface area contributed by atoms with Crippen molar-refractivity contribution >= 4 is 17.5 Å². The van der Waals surface area contributed by atoms with Gasteiger partial charge < -0.3 is 29.7 Å². The molecule has 0 spiro atoms. The van der Waals surface area contributed by atoms with E-state index in [1.807, 2.05) is 20.9 Å². The van der Waals surface area contributed by atoms with Crippen LogP contribution in [-0.4, -0.2) is 91.0 Å². The zero-order valence-corrected chi connectivity index (χ0v) is 24.4. The second kappa shape index (κ2) is 16.2. The smallest absolute Gasteiger partial charge is 0.389 e. The van der Waals surface area contributed by atoms with Gasteiger partial charge in [-0.1, -0.05) is 13.8 Å². The second-order valence-corrected chi connectivity index (χ2v) is 10.9. The lowest BCUT2D eigenvalue weighted by Gasteiger charge is -2.35. The molecule has 0 bridgehead atoms. The Morgan fingerprint density at radius 2 is 2.00 bits per heavy atom. The van der Waals surface area contributed by atoms with Crippen LogP contribution in [0.3, 0.4) is 0 Å². The van der Waals surface area contributed by atoms with Gasteiger partial charge in [0.1, 0.15) is 5.75 Å². The van der Waals surface area contributed by atoms with E-state index in [4.69, 9.17) is 9.47 Å². The standard InChI is InChI=1S/C29H46F3N3O5/c1-6-14-34(5)18-26-20(2)17-35(21(3)19-36)28(38)24-16-23(33-27(37)12-13-29(30,31)32)10-11-25(24)40-22(4)9-7-8-15-39-26/h10-11,16,20-22,26,36H,6-9,12-15,17-19H2,1-5H3,(H,33,37)/t20-,21+,22-,26-/m1/s1. The number of alkyl halides is 3. The van der Waals surface area contributed by atoms with Crippen molar-refractivity contribution in [3.63, 3.8) is 0 Å². The molecule has 0 aromatic heterocycles. The highest BCUT2D eigenvalue weighted by atomic mass is 19.4. The number of aliphatic hydroxyl groups excluding tert-OH is 1.